The maximum absolute atomic E-state index is 14.9. The number of carbonyl (C=O) groups excluding carboxylic acids is 4. The molecule has 2 aliphatic carbocycles. The summed E-state index contributed by atoms with van der Waals surface area (Å²) in [5.41, 5.74) is -3.49. The lowest BCUT2D eigenvalue weighted by Gasteiger charge is -2.34. The van der Waals surface area contributed by atoms with Gasteiger partial charge in [-0.3, -0.25) is 23.9 Å². The van der Waals surface area contributed by atoms with Crippen molar-refractivity contribution in [2.75, 3.05) is 20.8 Å². The third kappa shape index (κ3) is 9.11. The van der Waals surface area contributed by atoms with Gasteiger partial charge in [0.05, 0.1) is 49.8 Å². The second-order valence-electron chi connectivity index (χ2n) is 17.3. The molecule has 1 aromatic heterocycles. The van der Waals surface area contributed by atoms with Crippen LogP contribution in [0.15, 0.2) is 36.5 Å². The van der Waals surface area contributed by atoms with E-state index in [2.05, 4.69) is 9.71 Å². The number of fused-ring (bicyclic) bond motifs is 3. The molecule has 1 saturated heterocycles. The molecule has 6 rings (SSSR count). The first-order valence-corrected chi connectivity index (χ1v) is 21.6. The fourth-order valence-electron chi connectivity index (χ4n) is 8.31. The van der Waals surface area contributed by atoms with Gasteiger partial charge >= 0.3 is 5.97 Å². The standard InChI is InChI=1S/C42H55F2N3O10S/c1-24-10-8-9-11-27-21-42(27,39(51)46-58(52,53)29-12-13-29)22-33(48)32-18-28(56-37-31-19-35(55-7)34(54-6)17-26(31)14-15-45-37)23-47(32)38(50)30(25(2)16-24)20-36(49)57-40(3,4)41(5,43)44/h9,11,14-15,17,19,24-25,27-30,32H,8,10,12-13,16,18,20-23H2,1-7H3,(H,46,51)/b11-9-/t24-,25-,27-,28-,30+,32+,42-/m1/s1. The van der Waals surface area contributed by atoms with Crippen LogP contribution < -0.4 is 18.9 Å². The van der Waals surface area contributed by atoms with Crippen LogP contribution in [0.25, 0.3) is 10.8 Å². The number of pyridine rings is 1. The molecule has 58 heavy (non-hydrogen) atoms. The Morgan fingerprint density at radius 3 is 2.38 bits per heavy atom. The predicted octanol–water partition coefficient (Wildman–Crippen LogP) is 6.17. The first-order valence-electron chi connectivity index (χ1n) is 20.0. The van der Waals surface area contributed by atoms with Crippen LogP contribution in [-0.2, 0) is 33.9 Å². The number of halogens is 2. The summed E-state index contributed by atoms with van der Waals surface area (Å²) in [4.78, 5) is 62.7. The molecule has 0 unspecified atom stereocenters. The molecule has 16 heteroatoms. The molecule has 2 saturated carbocycles. The van der Waals surface area contributed by atoms with Gasteiger partial charge in [0, 0.05) is 31.3 Å². The van der Waals surface area contributed by atoms with Gasteiger partial charge in [0.15, 0.2) is 22.9 Å². The molecule has 1 N–H and O–H groups in total. The van der Waals surface area contributed by atoms with E-state index in [1.54, 1.807) is 24.4 Å². The molecule has 2 aliphatic heterocycles. The van der Waals surface area contributed by atoms with Gasteiger partial charge in [-0.15, -0.1) is 0 Å². The van der Waals surface area contributed by atoms with Crippen molar-refractivity contribution in [2.45, 2.75) is 121 Å². The third-order valence-electron chi connectivity index (χ3n) is 12.5. The lowest BCUT2D eigenvalue weighted by molar-refractivity contribution is -0.197. The number of amides is 2. The Labute approximate surface area is 338 Å². The zero-order valence-electron chi connectivity index (χ0n) is 34.2. The second-order valence-corrected chi connectivity index (χ2v) is 19.3. The van der Waals surface area contributed by atoms with Gasteiger partial charge in [-0.25, -0.2) is 22.2 Å². The molecule has 0 radical (unpaired) electrons. The summed E-state index contributed by atoms with van der Waals surface area (Å²) in [5, 5.41) is 0.664. The monoisotopic (exact) mass is 831 g/mol. The number of hydrogen-bond acceptors (Lipinski definition) is 11. The molecule has 0 spiro atoms. The number of ketones is 1. The molecule has 4 aliphatic rings. The quantitative estimate of drug-likeness (QED) is 0.203. The number of alkyl halides is 2. The Bertz CT molecular complexity index is 2070. The highest BCUT2D eigenvalue weighted by Gasteiger charge is 2.62. The van der Waals surface area contributed by atoms with Crippen LogP contribution >= 0.6 is 0 Å². The van der Waals surface area contributed by atoms with E-state index < -0.39 is 92.1 Å². The van der Waals surface area contributed by atoms with E-state index in [-0.39, 0.29) is 37.6 Å². The SMILES string of the molecule is COc1cc2ccnc(O[C@@H]3C[C@H]4C(=O)C[C@]5(C(=O)NS(=O)(=O)C6CC6)C[C@H]5/C=C\CC[C@@H](C)C[C@@H](C)[C@H](CC(=O)OC(C)(C)C(C)(F)F)C(=O)N4C3)c2cc1OC. The Balaban J connectivity index is 1.36. The largest absolute Gasteiger partial charge is 0.493 e. The number of nitrogens with zero attached hydrogens (tertiary/aromatic N) is 2. The average Bonchev–Trinajstić information content (AvgIpc) is 4.07. The smallest absolute Gasteiger partial charge is 0.307 e. The topological polar surface area (TPSA) is 167 Å². The number of rotatable bonds is 11. The normalized spacial score (nSPS) is 29.0. The highest BCUT2D eigenvalue weighted by atomic mass is 32.2. The van der Waals surface area contributed by atoms with Crippen LogP contribution in [0, 0.1) is 29.1 Å². The molecule has 318 valence electrons. The average molecular weight is 832 g/mol. The summed E-state index contributed by atoms with van der Waals surface area (Å²) in [6, 6.07) is 4.13. The lowest BCUT2D eigenvalue weighted by atomic mass is 9.82. The summed E-state index contributed by atoms with van der Waals surface area (Å²) in [6.07, 6.45) is 6.78. The number of hydrogen-bond donors (Lipinski definition) is 1. The van der Waals surface area contributed by atoms with Crippen molar-refractivity contribution in [3.05, 3.63) is 36.5 Å². The van der Waals surface area contributed by atoms with E-state index >= 15 is 0 Å². The number of methoxy groups -OCH3 is 2. The number of carbonyl (C=O) groups is 4. The Morgan fingerprint density at radius 1 is 1.03 bits per heavy atom. The third-order valence-corrected chi connectivity index (χ3v) is 14.3. The van der Waals surface area contributed by atoms with E-state index in [4.69, 9.17) is 18.9 Å². The van der Waals surface area contributed by atoms with E-state index in [9.17, 15) is 36.4 Å². The lowest BCUT2D eigenvalue weighted by Crippen LogP contribution is -2.48. The van der Waals surface area contributed by atoms with Gasteiger partial charge in [-0.05, 0) is 93.7 Å². The summed E-state index contributed by atoms with van der Waals surface area (Å²) in [6.45, 7) is 6.64. The Kier molecular flexibility index (Phi) is 12.2. The van der Waals surface area contributed by atoms with Gasteiger partial charge < -0.3 is 23.8 Å². The van der Waals surface area contributed by atoms with Gasteiger partial charge in [0.1, 0.15) is 6.10 Å². The minimum absolute atomic E-state index is 0.00550. The summed E-state index contributed by atoms with van der Waals surface area (Å²) < 4.78 is 79.7. The molecule has 7 atom stereocenters. The van der Waals surface area contributed by atoms with Crippen LogP contribution in [0.4, 0.5) is 8.78 Å². The van der Waals surface area contributed by atoms with Gasteiger partial charge in [-0.2, -0.15) is 0 Å². The molecular weight excluding hydrogens is 777 g/mol. The Hall–Kier alpha value is -4.34. The number of benzene rings is 1. The Morgan fingerprint density at radius 2 is 1.72 bits per heavy atom. The minimum atomic E-state index is -3.92. The molecular formula is C42H55F2N3O10S. The fourth-order valence-corrected chi connectivity index (χ4v) is 9.69. The van der Waals surface area contributed by atoms with Crippen LogP contribution in [0.5, 0.6) is 17.4 Å². The molecule has 2 aromatic rings. The van der Waals surface area contributed by atoms with Gasteiger partial charge in [0.25, 0.3) is 5.92 Å². The first-order chi connectivity index (χ1) is 27.2. The van der Waals surface area contributed by atoms with E-state index in [1.165, 1.54) is 19.1 Å². The van der Waals surface area contributed by atoms with Crippen molar-refractivity contribution in [3.8, 4) is 17.4 Å². The summed E-state index contributed by atoms with van der Waals surface area (Å²) in [7, 11) is -0.901. The maximum atomic E-state index is 14.9. The number of sulfonamides is 1. The number of ether oxygens (including phenoxy) is 4. The molecule has 13 nitrogen and oxygen atoms in total. The zero-order valence-corrected chi connectivity index (χ0v) is 35.0. The van der Waals surface area contributed by atoms with E-state index in [0.717, 1.165) is 19.2 Å². The van der Waals surface area contributed by atoms with Gasteiger partial charge in [0.2, 0.25) is 27.7 Å². The molecule has 3 heterocycles. The number of Topliss-reactive ketones (excluding diaryl/α,β-unsaturated/α-hetero) is 1. The molecule has 0 bridgehead atoms. The minimum Gasteiger partial charge on any atom is -0.493 e. The number of esters is 1. The number of nitrogens with one attached hydrogen (secondary N) is 1. The van der Waals surface area contributed by atoms with Crippen molar-refractivity contribution in [3.63, 3.8) is 0 Å². The summed E-state index contributed by atoms with van der Waals surface area (Å²) >= 11 is 0. The van der Waals surface area contributed by atoms with Gasteiger partial charge in [-0.1, -0.05) is 26.0 Å². The second kappa shape index (κ2) is 16.4. The van der Waals surface area contributed by atoms with Crippen LogP contribution in [0.2, 0.25) is 0 Å². The van der Waals surface area contributed by atoms with E-state index in [1.807, 2.05) is 26.0 Å². The first kappa shape index (κ1) is 43.2. The van der Waals surface area contributed by atoms with Crippen molar-refractivity contribution < 1.29 is 55.3 Å². The van der Waals surface area contributed by atoms with Crippen molar-refractivity contribution >= 4 is 44.4 Å². The zero-order chi connectivity index (χ0) is 42.4. The predicted molar refractivity (Wildman–Crippen MR) is 210 cm³/mol. The highest BCUT2D eigenvalue weighted by Crippen LogP contribution is 2.57. The molecule has 3 fully saturated rings. The van der Waals surface area contributed by atoms with E-state index in [0.29, 0.717) is 55.9 Å². The van der Waals surface area contributed by atoms with Crippen molar-refractivity contribution in [1.29, 1.82) is 0 Å². The summed E-state index contributed by atoms with van der Waals surface area (Å²) in [5.74, 6) is -6.75. The van der Waals surface area contributed by atoms with Crippen molar-refractivity contribution in [1.82, 2.24) is 14.6 Å². The van der Waals surface area contributed by atoms with Crippen LogP contribution in [0.3, 0.4) is 0 Å². The number of aromatic nitrogens is 1. The van der Waals surface area contributed by atoms with Crippen LogP contribution in [0.1, 0.15) is 92.4 Å². The fraction of sp³-hybridized carbons (Fsp3) is 0.643. The van der Waals surface area contributed by atoms with Crippen molar-refractivity contribution in [2.24, 2.45) is 29.1 Å². The molecule has 2 amide bonds. The molecule has 1 aromatic carbocycles. The highest BCUT2D eigenvalue weighted by molar-refractivity contribution is 7.90. The maximum Gasteiger partial charge on any atom is 0.307 e. The van der Waals surface area contributed by atoms with Crippen LogP contribution in [-0.4, -0.2) is 91.6 Å². The number of allylic oxidation sites excluding steroid dienone is 2.